The fraction of sp³-hybridized carbons (Fsp3) is 0.240. The third kappa shape index (κ3) is 3.97. The summed E-state index contributed by atoms with van der Waals surface area (Å²) in [6.07, 6.45) is -2.92. The van der Waals surface area contributed by atoms with Crippen molar-refractivity contribution in [2.45, 2.75) is 39.4 Å². The molecule has 174 valence electrons. The van der Waals surface area contributed by atoms with Crippen LogP contribution in [-0.4, -0.2) is 21.4 Å². The molecule has 4 rings (SSSR count). The van der Waals surface area contributed by atoms with Crippen LogP contribution in [0.25, 0.3) is 11.4 Å². The van der Waals surface area contributed by atoms with Gasteiger partial charge in [0.15, 0.2) is 5.70 Å². The van der Waals surface area contributed by atoms with E-state index in [4.69, 9.17) is 5.26 Å². The standard InChI is InChI=1S/C25H22F3N5O/c1-16-22(21-12-13-30-33(21)19-10-8-17(15-29)9-11-19)32(24(2,3)4)23(34)31(16)20-7-5-6-18(14-20)25(26,27)28/h5-14H,1-4H3/p+1. The maximum atomic E-state index is 13.7. The molecule has 3 aromatic rings. The molecule has 0 saturated carbocycles. The number of quaternary nitrogens is 1. The molecule has 2 heterocycles. The molecule has 0 saturated heterocycles. The van der Waals surface area contributed by atoms with Gasteiger partial charge in [-0.25, -0.2) is 19.3 Å². The largest absolute Gasteiger partial charge is 0.432 e. The van der Waals surface area contributed by atoms with Gasteiger partial charge in [0.05, 0.1) is 40.5 Å². The Kier molecular flexibility index (Phi) is 5.58. The highest BCUT2D eigenvalue weighted by Crippen LogP contribution is 2.35. The van der Waals surface area contributed by atoms with E-state index < -0.39 is 17.3 Å². The minimum Gasteiger partial charge on any atom is -0.228 e. The number of amides is 2. The van der Waals surface area contributed by atoms with Crippen LogP contribution in [-0.2, 0) is 6.18 Å². The molecule has 1 aromatic heterocycles. The molecule has 1 aliphatic rings. The highest BCUT2D eigenvalue weighted by molar-refractivity contribution is 5.98. The molecule has 0 bridgehead atoms. The number of anilines is 1. The van der Waals surface area contributed by atoms with E-state index in [-0.39, 0.29) is 11.7 Å². The lowest BCUT2D eigenvalue weighted by atomic mass is 10.0. The van der Waals surface area contributed by atoms with Gasteiger partial charge in [-0.2, -0.15) is 23.5 Å². The average Bonchev–Trinajstić information content (AvgIpc) is 3.35. The summed E-state index contributed by atoms with van der Waals surface area (Å²) in [6.45, 7) is 7.41. The topological polar surface area (TPSA) is 66.4 Å². The number of benzene rings is 2. The number of alkyl halides is 3. The number of nitrogens with zero attached hydrogens (tertiary/aromatic N) is 4. The Balaban J connectivity index is 1.89. The van der Waals surface area contributed by atoms with Crippen LogP contribution in [0.15, 0.2) is 66.5 Å². The van der Waals surface area contributed by atoms with Crippen LogP contribution in [0.2, 0.25) is 0 Å². The van der Waals surface area contributed by atoms with Gasteiger partial charge in [-0.05, 0) is 76.2 Å². The zero-order valence-electron chi connectivity index (χ0n) is 19.1. The molecule has 34 heavy (non-hydrogen) atoms. The summed E-state index contributed by atoms with van der Waals surface area (Å²) in [6, 6.07) is 15.1. The van der Waals surface area contributed by atoms with E-state index >= 15 is 0 Å². The van der Waals surface area contributed by atoms with E-state index in [1.807, 2.05) is 20.8 Å². The Bertz CT molecular complexity index is 1320. The van der Waals surface area contributed by atoms with Crippen LogP contribution in [0.1, 0.15) is 44.5 Å². The van der Waals surface area contributed by atoms with E-state index in [2.05, 4.69) is 11.2 Å². The van der Waals surface area contributed by atoms with Gasteiger partial charge in [0, 0.05) is 0 Å². The highest BCUT2D eigenvalue weighted by atomic mass is 19.4. The molecule has 9 heteroatoms. The number of allylic oxidation sites excluding steroid dienone is 1. The van der Waals surface area contributed by atoms with Gasteiger partial charge >= 0.3 is 12.2 Å². The highest BCUT2D eigenvalue weighted by Gasteiger charge is 2.49. The molecule has 1 aliphatic heterocycles. The van der Waals surface area contributed by atoms with E-state index in [9.17, 15) is 18.0 Å². The predicted octanol–water partition coefficient (Wildman–Crippen LogP) is 4.77. The van der Waals surface area contributed by atoms with E-state index in [1.54, 1.807) is 48.1 Å². The summed E-state index contributed by atoms with van der Waals surface area (Å²) in [5, 5.41) is 13.5. The first-order chi connectivity index (χ1) is 15.9. The van der Waals surface area contributed by atoms with Crippen LogP contribution < -0.4 is 9.80 Å². The zero-order chi connectivity index (χ0) is 24.8. The summed E-state index contributed by atoms with van der Waals surface area (Å²) >= 11 is 0. The SMILES string of the molecule is CC1=C(c2ccnn2-c2ccc(C#N)cc2)[NH+](C(C)(C)C)C(=O)N1c1cccc(C(F)(F)F)c1. The first-order valence-corrected chi connectivity index (χ1v) is 10.6. The summed E-state index contributed by atoms with van der Waals surface area (Å²) in [5.41, 5.74) is 1.71. The number of hydrogen-bond acceptors (Lipinski definition) is 3. The first-order valence-electron chi connectivity index (χ1n) is 10.6. The molecule has 2 amide bonds. The number of rotatable bonds is 3. The monoisotopic (exact) mass is 466 g/mol. The molecular formula is C25H23F3N5O+. The third-order valence-corrected chi connectivity index (χ3v) is 5.69. The second-order valence-corrected chi connectivity index (χ2v) is 9.06. The van der Waals surface area contributed by atoms with Crippen molar-refractivity contribution in [1.82, 2.24) is 9.78 Å². The third-order valence-electron chi connectivity index (χ3n) is 5.69. The molecule has 1 atom stereocenters. The fourth-order valence-electron chi connectivity index (χ4n) is 4.18. The second-order valence-electron chi connectivity index (χ2n) is 9.06. The lowest BCUT2D eigenvalue weighted by Gasteiger charge is -2.28. The number of urea groups is 1. The Morgan fingerprint density at radius 3 is 2.26 bits per heavy atom. The van der Waals surface area contributed by atoms with Gasteiger partial charge in [0.2, 0.25) is 0 Å². The Hall–Kier alpha value is -3.90. The van der Waals surface area contributed by atoms with Crippen LogP contribution in [0.3, 0.4) is 0 Å². The molecule has 6 nitrogen and oxygen atoms in total. The van der Waals surface area contributed by atoms with Crippen molar-refractivity contribution in [3.63, 3.8) is 0 Å². The van der Waals surface area contributed by atoms with Crippen molar-refractivity contribution < 1.29 is 22.9 Å². The first kappa shape index (κ1) is 23.3. The zero-order valence-corrected chi connectivity index (χ0v) is 19.1. The van der Waals surface area contributed by atoms with Crippen molar-refractivity contribution in [2.75, 3.05) is 4.90 Å². The summed E-state index contributed by atoms with van der Waals surface area (Å²) in [7, 11) is 0. The number of nitrogens with one attached hydrogen (secondary N) is 1. The number of carbonyl (C=O) groups excluding carboxylic acids is 1. The van der Waals surface area contributed by atoms with Crippen LogP contribution in [0.4, 0.5) is 23.7 Å². The summed E-state index contributed by atoms with van der Waals surface area (Å²) in [4.78, 5) is 15.5. The smallest absolute Gasteiger partial charge is 0.228 e. The number of aromatic nitrogens is 2. The van der Waals surface area contributed by atoms with E-state index in [0.29, 0.717) is 33.2 Å². The van der Waals surface area contributed by atoms with Crippen LogP contribution in [0.5, 0.6) is 0 Å². The minimum absolute atomic E-state index is 0.151. The molecule has 0 spiro atoms. The van der Waals surface area contributed by atoms with Crippen molar-refractivity contribution >= 4 is 17.4 Å². The molecule has 1 N–H and O–H groups in total. The average molecular weight is 466 g/mol. The Morgan fingerprint density at radius 2 is 1.68 bits per heavy atom. The number of halogens is 3. The number of hydrogen-bond donors (Lipinski definition) is 1. The molecule has 0 fully saturated rings. The predicted molar refractivity (Wildman–Crippen MR) is 121 cm³/mol. The van der Waals surface area contributed by atoms with Gasteiger partial charge in [0.1, 0.15) is 11.2 Å². The van der Waals surface area contributed by atoms with Gasteiger partial charge in [0.25, 0.3) is 0 Å². The number of nitriles is 1. The molecule has 0 aliphatic carbocycles. The van der Waals surface area contributed by atoms with Gasteiger partial charge in [-0.15, -0.1) is 0 Å². The van der Waals surface area contributed by atoms with E-state index in [0.717, 1.165) is 12.1 Å². The maximum Gasteiger partial charge on any atom is 0.432 e. The lowest BCUT2D eigenvalue weighted by molar-refractivity contribution is -0.788. The Morgan fingerprint density at radius 1 is 1.00 bits per heavy atom. The van der Waals surface area contributed by atoms with Crippen molar-refractivity contribution in [3.05, 3.63) is 83.3 Å². The second kappa shape index (κ2) is 8.15. The lowest BCUT2D eigenvalue weighted by Crippen LogP contribution is -3.18. The fourth-order valence-corrected chi connectivity index (χ4v) is 4.18. The van der Waals surface area contributed by atoms with Crippen molar-refractivity contribution in [3.8, 4) is 11.8 Å². The quantitative estimate of drug-likeness (QED) is 0.605. The van der Waals surface area contributed by atoms with Crippen molar-refractivity contribution in [2.24, 2.45) is 0 Å². The molecule has 1 unspecified atom stereocenters. The van der Waals surface area contributed by atoms with E-state index in [1.165, 1.54) is 17.0 Å². The molecular weight excluding hydrogens is 443 g/mol. The summed E-state index contributed by atoms with van der Waals surface area (Å²) in [5.74, 6) is 0. The van der Waals surface area contributed by atoms with Gasteiger partial charge < -0.3 is 0 Å². The number of carbonyl (C=O) groups is 1. The van der Waals surface area contributed by atoms with Crippen molar-refractivity contribution in [1.29, 1.82) is 5.26 Å². The van der Waals surface area contributed by atoms with Gasteiger partial charge in [-0.1, -0.05) is 6.07 Å². The Labute approximate surface area is 195 Å². The van der Waals surface area contributed by atoms with Crippen LogP contribution >= 0.6 is 0 Å². The minimum atomic E-state index is -4.52. The normalized spacial score (nSPS) is 16.8. The molecule has 0 radical (unpaired) electrons. The van der Waals surface area contributed by atoms with Gasteiger partial charge in [-0.3, -0.25) is 0 Å². The summed E-state index contributed by atoms with van der Waals surface area (Å²) < 4.78 is 41.7. The van der Waals surface area contributed by atoms with Crippen LogP contribution in [0, 0.1) is 11.3 Å². The maximum absolute atomic E-state index is 13.7. The molecule has 2 aromatic carbocycles.